The molecule has 2 atom stereocenters. The van der Waals surface area contributed by atoms with E-state index >= 15 is 0 Å². The van der Waals surface area contributed by atoms with Gasteiger partial charge in [-0.3, -0.25) is 14.5 Å². The first-order valence-corrected chi connectivity index (χ1v) is 13.0. The van der Waals surface area contributed by atoms with Gasteiger partial charge in [0.15, 0.2) is 0 Å². The van der Waals surface area contributed by atoms with Crippen molar-refractivity contribution in [3.63, 3.8) is 0 Å². The molecular weight excluding hydrogens is 489 g/mol. The first kappa shape index (κ1) is 25.7. The minimum atomic E-state index is -1.14. The quantitative estimate of drug-likeness (QED) is 0.464. The van der Waals surface area contributed by atoms with Gasteiger partial charge in [-0.15, -0.1) is 0 Å². The van der Waals surface area contributed by atoms with Crippen molar-refractivity contribution >= 4 is 29.6 Å². The van der Waals surface area contributed by atoms with Gasteiger partial charge >= 0.3 is 12.1 Å². The third kappa shape index (κ3) is 5.07. The lowest BCUT2D eigenvalue weighted by molar-refractivity contribution is -0.140. The Labute approximate surface area is 220 Å². The molecule has 10 heteroatoms. The van der Waals surface area contributed by atoms with Crippen LogP contribution in [0.1, 0.15) is 43.4 Å². The minimum Gasteiger partial charge on any atom is -0.338 e. The van der Waals surface area contributed by atoms with E-state index in [1.807, 2.05) is 26.0 Å². The number of hydrogen-bond donors (Lipinski definition) is 3. The molecule has 2 fully saturated rings. The minimum absolute atomic E-state index is 0.0613. The average molecular weight is 522 g/mol. The molecule has 6 amide bonds. The Morgan fingerprint density at radius 2 is 1.84 bits per heavy atom. The van der Waals surface area contributed by atoms with E-state index in [0.29, 0.717) is 24.6 Å². The second-order valence-electron chi connectivity index (χ2n) is 10.5. The van der Waals surface area contributed by atoms with E-state index in [-0.39, 0.29) is 43.3 Å². The summed E-state index contributed by atoms with van der Waals surface area (Å²) in [5.74, 6) is -0.721. The molecule has 1 saturated carbocycles. The second-order valence-corrected chi connectivity index (χ2v) is 10.5. The van der Waals surface area contributed by atoms with E-state index < -0.39 is 17.5 Å². The zero-order chi connectivity index (χ0) is 27.0. The molecule has 5 rings (SSSR count). The van der Waals surface area contributed by atoms with E-state index in [4.69, 9.17) is 0 Å². The van der Waals surface area contributed by atoms with Crippen LogP contribution < -0.4 is 16.0 Å². The zero-order valence-corrected chi connectivity index (χ0v) is 21.6. The van der Waals surface area contributed by atoms with Crippen molar-refractivity contribution in [3.8, 4) is 0 Å². The number of carbonyl (C=O) groups is 4. The van der Waals surface area contributed by atoms with Gasteiger partial charge in [0.05, 0.1) is 0 Å². The molecule has 0 radical (unpaired) electrons. The number of rotatable bonds is 8. The summed E-state index contributed by atoms with van der Waals surface area (Å²) in [5, 5.41) is 8.28. The van der Waals surface area contributed by atoms with Crippen molar-refractivity contribution in [2.75, 3.05) is 18.4 Å². The van der Waals surface area contributed by atoms with Gasteiger partial charge in [0.2, 0.25) is 5.91 Å². The van der Waals surface area contributed by atoms with Crippen LogP contribution in [0.15, 0.2) is 42.5 Å². The number of nitrogens with one attached hydrogen (secondary N) is 3. The highest BCUT2D eigenvalue weighted by Crippen LogP contribution is 2.38. The molecule has 2 aliphatic carbocycles. The highest BCUT2D eigenvalue weighted by Gasteiger charge is 2.54. The summed E-state index contributed by atoms with van der Waals surface area (Å²) in [4.78, 5) is 54.6. The van der Waals surface area contributed by atoms with Gasteiger partial charge in [-0.1, -0.05) is 18.2 Å². The van der Waals surface area contributed by atoms with Crippen LogP contribution in [0.4, 0.5) is 19.7 Å². The molecule has 1 heterocycles. The molecule has 3 N–H and O–H groups in total. The van der Waals surface area contributed by atoms with Crippen molar-refractivity contribution in [1.29, 1.82) is 0 Å². The summed E-state index contributed by atoms with van der Waals surface area (Å²) in [7, 11) is 0. The first-order valence-electron chi connectivity index (χ1n) is 13.0. The highest BCUT2D eigenvalue weighted by molar-refractivity contribution is 6.09. The number of fused-ring (bicyclic) bond motifs is 1. The second kappa shape index (κ2) is 10.1. The molecule has 38 heavy (non-hydrogen) atoms. The molecule has 9 nitrogen and oxygen atoms in total. The van der Waals surface area contributed by atoms with Gasteiger partial charge in [-0.2, -0.15) is 0 Å². The van der Waals surface area contributed by atoms with E-state index in [2.05, 4.69) is 16.0 Å². The third-order valence-electron chi connectivity index (χ3n) is 7.71. The lowest BCUT2D eigenvalue weighted by Crippen LogP contribution is -2.49. The number of imide groups is 1. The Kier molecular flexibility index (Phi) is 6.81. The van der Waals surface area contributed by atoms with E-state index in [0.717, 1.165) is 34.4 Å². The maximum atomic E-state index is 13.6. The van der Waals surface area contributed by atoms with Crippen LogP contribution in [0, 0.1) is 11.7 Å². The van der Waals surface area contributed by atoms with Crippen LogP contribution in [0.25, 0.3) is 0 Å². The van der Waals surface area contributed by atoms with Gasteiger partial charge < -0.3 is 20.9 Å². The fourth-order valence-electron chi connectivity index (χ4n) is 5.45. The molecule has 2 aromatic rings. The SMILES string of the molecule is CCNC(=O)Nc1ccc2c(c1)CC1(C2)NC(=O)N(CC(=O)N(Cc2ccc(F)cc2)[C@@H](C)C2CC2)C1=O. The maximum Gasteiger partial charge on any atom is 0.325 e. The van der Waals surface area contributed by atoms with Gasteiger partial charge in [0, 0.05) is 37.7 Å². The third-order valence-corrected chi connectivity index (χ3v) is 7.71. The van der Waals surface area contributed by atoms with E-state index in [1.165, 1.54) is 12.1 Å². The molecule has 3 aliphatic rings. The number of urea groups is 2. The molecule has 1 unspecified atom stereocenters. The van der Waals surface area contributed by atoms with Gasteiger partial charge in [0.1, 0.15) is 17.9 Å². The average Bonchev–Trinajstić information content (AvgIpc) is 3.63. The molecule has 1 spiro atoms. The largest absolute Gasteiger partial charge is 0.338 e. The highest BCUT2D eigenvalue weighted by atomic mass is 19.1. The normalized spacial score (nSPS) is 20.8. The Balaban J connectivity index is 1.29. The fraction of sp³-hybridized carbons (Fsp3) is 0.429. The smallest absolute Gasteiger partial charge is 0.325 e. The molecule has 1 aliphatic heterocycles. The topological polar surface area (TPSA) is 111 Å². The number of carbonyl (C=O) groups excluding carboxylic acids is 4. The Hall–Kier alpha value is -3.95. The summed E-state index contributed by atoms with van der Waals surface area (Å²) in [6.07, 6.45) is 2.64. The molecule has 0 aromatic heterocycles. The van der Waals surface area contributed by atoms with Crippen LogP contribution in [-0.4, -0.2) is 58.3 Å². The Morgan fingerprint density at radius 1 is 1.13 bits per heavy atom. The molecule has 1 saturated heterocycles. The predicted octanol–water partition coefficient (Wildman–Crippen LogP) is 3.18. The molecule has 2 aromatic carbocycles. The van der Waals surface area contributed by atoms with Crippen LogP contribution in [0.5, 0.6) is 0 Å². The lowest BCUT2D eigenvalue weighted by atomic mass is 9.96. The van der Waals surface area contributed by atoms with Crippen LogP contribution in [0.3, 0.4) is 0 Å². The Bertz CT molecular complexity index is 1280. The standard InChI is InChI=1S/C28H32FN5O4/c1-3-30-26(37)31-23-11-8-20-13-28(14-21(20)12-23)25(36)34(27(38)32-28)16-24(35)33(17(2)19-6-7-19)15-18-4-9-22(29)10-5-18/h4-5,8-12,17,19H,3,6-7,13-16H2,1-2H3,(H,32,38)(H2,30,31,37)/t17-,28?/m0/s1. The van der Waals surface area contributed by atoms with Crippen molar-refractivity contribution in [2.45, 2.75) is 57.7 Å². The summed E-state index contributed by atoms with van der Waals surface area (Å²) in [5.41, 5.74) is 2.01. The summed E-state index contributed by atoms with van der Waals surface area (Å²) in [6.45, 7) is 4.22. The number of hydrogen-bond acceptors (Lipinski definition) is 4. The van der Waals surface area contributed by atoms with Gasteiger partial charge in [-0.25, -0.2) is 14.0 Å². The zero-order valence-electron chi connectivity index (χ0n) is 21.6. The Morgan fingerprint density at radius 3 is 2.53 bits per heavy atom. The van der Waals surface area contributed by atoms with Gasteiger partial charge in [-0.05, 0) is 73.6 Å². The first-order chi connectivity index (χ1) is 18.2. The van der Waals surface area contributed by atoms with Crippen molar-refractivity contribution in [1.82, 2.24) is 20.4 Å². The van der Waals surface area contributed by atoms with Crippen molar-refractivity contribution in [2.24, 2.45) is 5.92 Å². The van der Waals surface area contributed by atoms with Crippen LogP contribution in [-0.2, 0) is 29.0 Å². The number of nitrogens with zero attached hydrogens (tertiary/aromatic N) is 2. The predicted molar refractivity (Wildman–Crippen MR) is 139 cm³/mol. The number of anilines is 1. The lowest BCUT2D eigenvalue weighted by Gasteiger charge is -2.31. The maximum absolute atomic E-state index is 13.6. The number of benzene rings is 2. The summed E-state index contributed by atoms with van der Waals surface area (Å²) < 4.78 is 13.4. The summed E-state index contributed by atoms with van der Waals surface area (Å²) >= 11 is 0. The van der Waals surface area contributed by atoms with Crippen LogP contribution >= 0.6 is 0 Å². The van der Waals surface area contributed by atoms with Gasteiger partial charge in [0.25, 0.3) is 5.91 Å². The molecule has 0 bridgehead atoms. The molecule has 200 valence electrons. The van der Waals surface area contributed by atoms with Crippen LogP contribution in [0.2, 0.25) is 0 Å². The summed E-state index contributed by atoms with van der Waals surface area (Å²) in [6, 6.07) is 10.5. The number of halogens is 1. The molecular formula is C28H32FN5O4. The van der Waals surface area contributed by atoms with E-state index in [1.54, 1.807) is 23.1 Å². The van der Waals surface area contributed by atoms with Crippen molar-refractivity contribution < 1.29 is 23.6 Å². The fourth-order valence-corrected chi connectivity index (χ4v) is 5.45. The van der Waals surface area contributed by atoms with E-state index in [9.17, 15) is 23.6 Å². The monoisotopic (exact) mass is 521 g/mol. The van der Waals surface area contributed by atoms with Crippen molar-refractivity contribution in [3.05, 3.63) is 65.0 Å². The number of amides is 6.